The lowest BCUT2D eigenvalue weighted by molar-refractivity contribution is 0.103. The van der Waals surface area contributed by atoms with Gasteiger partial charge in [0, 0.05) is 18.1 Å². The van der Waals surface area contributed by atoms with Gasteiger partial charge >= 0.3 is 0 Å². The molecule has 0 aliphatic heterocycles. The molecule has 0 radical (unpaired) electrons. The Morgan fingerprint density at radius 2 is 2.17 bits per heavy atom. The normalized spacial score (nSPS) is 11.3. The molecule has 0 atom stereocenters. The van der Waals surface area contributed by atoms with Crippen LogP contribution in [0.5, 0.6) is 0 Å². The first-order valence-electron chi connectivity index (χ1n) is 7.47. The zero-order chi connectivity index (χ0) is 16.6. The average molecular weight is 329 g/mol. The molecule has 3 rings (SSSR count). The van der Waals surface area contributed by atoms with E-state index in [0.717, 1.165) is 21.5 Å². The number of amides is 1. The number of anilines is 1. The summed E-state index contributed by atoms with van der Waals surface area (Å²) in [6, 6.07) is 9.12. The van der Waals surface area contributed by atoms with Gasteiger partial charge in [0.25, 0.3) is 5.91 Å². The number of aromatic nitrogens is 2. The Morgan fingerprint density at radius 3 is 2.87 bits per heavy atom. The van der Waals surface area contributed by atoms with E-state index in [9.17, 15) is 9.90 Å². The van der Waals surface area contributed by atoms with Crippen LogP contribution in [0.2, 0.25) is 0 Å². The maximum absolute atomic E-state index is 12.5. The van der Waals surface area contributed by atoms with Gasteiger partial charge in [-0.05, 0) is 29.7 Å². The second-order valence-corrected chi connectivity index (χ2v) is 6.84. The van der Waals surface area contributed by atoms with Crippen LogP contribution in [0.3, 0.4) is 0 Å². The molecule has 0 aliphatic carbocycles. The maximum Gasteiger partial charge on any atom is 0.265 e. The minimum Gasteiger partial charge on any atom is -0.392 e. The molecule has 0 saturated heterocycles. The van der Waals surface area contributed by atoms with Gasteiger partial charge in [-0.3, -0.25) is 9.48 Å². The SMILES string of the molecule is CC(C)c1nn(C)c2sc(C(=O)Nc3cccc(CO)c3)cc12. The standard InChI is InChI=1S/C17H19N3O2S/c1-10(2)15-13-8-14(23-17(13)20(3)19-15)16(22)18-12-6-4-5-11(7-12)9-21/h4-8,10,21H,9H2,1-3H3,(H,18,22). The van der Waals surface area contributed by atoms with E-state index in [4.69, 9.17) is 0 Å². The van der Waals surface area contributed by atoms with Crippen LogP contribution in [-0.4, -0.2) is 20.8 Å². The zero-order valence-corrected chi connectivity index (χ0v) is 14.1. The molecule has 0 spiro atoms. The number of nitrogens with zero attached hydrogens (tertiary/aromatic N) is 2. The number of hydrogen-bond donors (Lipinski definition) is 2. The molecule has 1 amide bonds. The second-order valence-electron chi connectivity index (χ2n) is 5.81. The predicted octanol–water partition coefficient (Wildman–Crippen LogP) is 3.50. The number of thiophene rings is 1. The van der Waals surface area contributed by atoms with Crippen LogP contribution < -0.4 is 5.32 Å². The quantitative estimate of drug-likeness (QED) is 0.770. The molecule has 2 N–H and O–H groups in total. The van der Waals surface area contributed by atoms with Crippen molar-refractivity contribution in [3.05, 3.63) is 46.5 Å². The third-order valence-corrected chi connectivity index (χ3v) is 4.88. The molecule has 5 nitrogen and oxygen atoms in total. The van der Waals surface area contributed by atoms with Gasteiger partial charge in [0.15, 0.2) is 0 Å². The number of carbonyl (C=O) groups excluding carboxylic acids is 1. The third kappa shape index (κ3) is 3.00. The van der Waals surface area contributed by atoms with Crippen molar-refractivity contribution >= 4 is 33.1 Å². The molecule has 3 aromatic rings. The van der Waals surface area contributed by atoms with Gasteiger partial charge in [-0.1, -0.05) is 26.0 Å². The van der Waals surface area contributed by atoms with Crippen molar-refractivity contribution in [2.45, 2.75) is 26.4 Å². The summed E-state index contributed by atoms with van der Waals surface area (Å²) < 4.78 is 1.83. The van der Waals surface area contributed by atoms with Crippen LogP contribution in [0.4, 0.5) is 5.69 Å². The van der Waals surface area contributed by atoms with E-state index in [1.165, 1.54) is 11.3 Å². The molecule has 2 aromatic heterocycles. The molecule has 1 aromatic carbocycles. The fraction of sp³-hybridized carbons (Fsp3) is 0.294. The molecular weight excluding hydrogens is 310 g/mol. The highest BCUT2D eigenvalue weighted by atomic mass is 32.1. The number of hydrogen-bond acceptors (Lipinski definition) is 4. The Balaban J connectivity index is 1.90. The first kappa shape index (κ1) is 15.7. The molecule has 120 valence electrons. The molecule has 0 aliphatic rings. The minimum absolute atomic E-state index is 0.0456. The van der Waals surface area contributed by atoms with Crippen LogP contribution in [0.25, 0.3) is 10.2 Å². The summed E-state index contributed by atoms with van der Waals surface area (Å²) in [6.45, 7) is 4.15. The lowest BCUT2D eigenvalue weighted by Gasteiger charge is -2.05. The van der Waals surface area contributed by atoms with Gasteiger partial charge in [0.2, 0.25) is 0 Å². The van der Waals surface area contributed by atoms with Crippen molar-refractivity contribution in [1.29, 1.82) is 0 Å². The van der Waals surface area contributed by atoms with E-state index < -0.39 is 0 Å². The summed E-state index contributed by atoms with van der Waals surface area (Å²) in [5.74, 6) is 0.168. The van der Waals surface area contributed by atoms with Gasteiger partial charge in [0.05, 0.1) is 17.2 Å². The van der Waals surface area contributed by atoms with Gasteiger partial charge in [-0.2, -0.15) is 5.10 Å². The Morgan fingerprint density at radius 1 is 1.39 bits per heavy atom. The summed E-state index contributed by atoms with van der Waals surface area (Å²) >= 11 is 1.44. The van der Waals surface area contributed by atoms with E-state index in [1.807, 2.05) is 36.0 Å². The first-order valence-corrected chi connectivity index (χ1v) is 8.29. The summed E-state index contributed by atoms with van der Waals surface area (Å²) in [7, 11) is 1.90. The molecule has 0 bridgehead atoms. The largest absolute Gasteiger partial charge is 0.392 e. The highest BCUT2D eigenvalue weighted by molar-refractivity contribution is 7.20. The van der Waals surface area contributed by atoms with Crippen molar-refractivity contribution in [3.8, 4) is 0 Å². The number of aryl methyl sites for hydroxylation is 1. The molecule has 6 heteroatoms. The number of fused-ring (bicyclic) bond motifs is 1. The monoisotopic (exact) mass is 329 g/mol. The molecule has 2 heterocycles. The van der Waals surface area contributed by atoms with E-state index in [-0.39, 0.29) is 12.5 Å². The molecule has 0 unspecified atom stereocenters. The molecule has 23 heavy (non-hydrogen) atoms. The number of benzene rings is 1. The van der Waals surface area contributed by atoms with Crippen LogP contribution in [0.1, 0.15) is 40.7 Å². The fourth-order valence-corrected chi connectivity index (χ4v) is 3.52. The summed E-state index contributed by atoms with van der Waals surface area (Å²) in [5, 5.41) is 17.6. The second kappa shape index (κ2) is 6.14. The topological polar surface area (TPSA) is 67.2 Å². The summed E-state index contributed by atoms with van der Waals surface area (Å²) in [5.41, 5.74) is 2.46. The van der Waals surface area contributed by atoms with Crippen LogP contribution in [0.15, 0.2) is 30.3 Å². The lowest BCUT2D eigenvalue weighted by atomic mass is 10.1. The number of carbonyl (C=O) groups is 1. The first-order chi connectivity index (χ1) is 11.0. The minimum atomic E-state index is -0.143. The Bertz CT molecular complexity index is 864. The average Bonchev–Trinajstić information content (AvgIpc) is 3.08. The molecule has 0 saturated carbocycles. The van der Waals surface area contributed by atoms with Gasteiger partial charge in [0.1, 0.15) is 4.83 Å². The van der Waals surface area contributed by atoms with Crippen molar-refractivity contribution in [3.63, 3.8) is 0 Å². The molecular formula is C17H19N3O2S. The van der Waals surface area contributed by atoms with E-state index in [1.54, 1.807) is 6.07 Å². The van der Waals surface area contributed by atoms with Crippen molar-refractivity contribution < 1.29 is 9.90 Å². The highest BCUT2D eigenvalue weighted by Gasteiger charge is 2.18. The van der Waals surface area contributed by atoms with E-state index in [0.29, 0.717) is 16.5 Å². The highest BCUT2D eigenvalue weighted by Crippen LogP contribution is 2.31. The number of aliphatic hydroxyl groups excluding tert-OH is 1. The number of nitrogens with one attached hydrogen (secondary N) is 1. The third-order valence-electron chi connectivity index (χ3n) is 3.68. The number of aliphatic hydroxyl groups is 1. The van der Waals surface area contributed by atoms with E-state index >= 15 is 0 Å². The smallest absolute Gasteiger partial charge is 0.265 e. The summed E-state index contributed by atoms with van der Waals surface area (Å²) in [6.07, 6.45) is 0. The van der Waals surface area contributed by atoms with Crippen LogP contribution in [0, 0.1) is 0 Å². The Kier molecular flexibility index (Phi) is 4.19. The Labute approximate surface area is 138 Å². The predicted molar refractivity (Wildman–Crippen MR) is 93.0 cm³/mol. The fourth-order valence-electron chi connectivity index (χ4n) is 2.54. The summed E-state index contributed by atoms with van der Waals surface area (Å²) in [4.78, 5) is 14.1. The van der Waals surface area contributed by atoms with Crippen molar-refractivity contribution in [1.82, 2.24) is 9.78 Å². The molecule has 0 fully saturated rings. The zero-order valence-electron chi connectivity index (χ0n) is 13.3. The van der Waals surface area contributed by atoms with Gasteiger partial charge in [-0.25, -0.2) is 0 Å². The van der Waals surface area contributed by atoms with Crippen molar-refractivity contribution in [2.75, 3.05) is 5.32 Å². The Hall–Kier alpha value is -2.18. The van der Waals surface area contributed by atoms with Gasteiger partial charge < -0.3 is 10.4 Å². The van der Waals surface area contributed by atoms with Crippen LogP contribution in [-0.2, 0) is 13.7 Å². The van der Waals surface area contributed by atoms with E-state index in [2.05, 4.69) is 24.3 Å². The van der Waals surface area contributed by atoms with Crippen molar-refractivity contribution in [2.24, 2.45) is 7.05 Å². The lowest BCUT2D eigenvalue weighted by Crippen LogP contribution is -2.10. The maximum atomic E-state index is 12.5. The van der Waals surface area contributed by atoms with Gasteiger partial charge in [-0.15, -0.1) is 11.3 Å². The van der Waals surface area contributed by atoms with Crippen LogP contribution >= 0.6 is 11.3 Å². The number of rotatable bonds is 4.